The van der Waals surface area contributed by atoms with Gasteiger partial charge in [-0.15, -0.1) is 0 Å². The van der Waals surface area contributed by atoms with Crippen molar-refractivity contribution in [1.82, 2.24) is 5.32 Å². The molecular formula is C25H53NO2. The molecule has 0 heterocycles. The maximum atomic E-state index is 9.93. The smallest absolute Gasteiger partial charge is 0.0897 e. The first-order chi connectivity index (χ1) is 13.8. The van der Waals surface area contributed by atoms with Crippen molar-refractivity contribution in [1.29, 1.82) is 0 Å². The SMILES string of the molecule is CCCCCCCCCCCCCCNCC(O)COCCCCCCCC. The maximum absolute atomic E-state index is 9.93. The zero-order valence-corrected chi connectivity index (χ0v) is 19.5. The lowest BCUT2D eigenvalue weighted by Gasteiger charge is -2.12. The molecule has 0 amide bonds. The first-order valence-electron chi connectivity index (χ1n) is 12.8. The van der Waals surface area contributed by atoms with E-state index in [4.69, 9.17) is 4.74 Å². The minimum atomic E-state index is -0.364. The van der Waals surface area contributed by atoms with Crippen LogP contribution < -0.4 is 5.32 Å². The van der Waals surface area contributed by atoms with Gasteiger partial charge in [-0.1, -0.05) is 117 Å². The lowest BCUT2D eigenvalue weighted by Crippen LogP contribution is -2.31. The summed E-state index contributed by atoms with van der Waals surface area (Å²) >= 11 is 0. The van der Waals surface area contributed by atoms with Gasteiger partial charge in [0.15, 0.2) is 0 Å². The Morgan fingerprint density at radius 3 is 1.54 bits per heavy atom. The Bertz CT molecular complexity index is 273. The van der Waals surface area contributed by atoms with Crippen LogP contribution in [-0.4, -0.2) is 37.5 Å². The minimum absolute atomic E-state index is 0.364. The second-order valence-corrected chi connectivity index (χ2v) is 8.59. The molecule has 0 aromatic rings. The number of aliphatic hydroxyl groups is 1. The molecule has 0 aromatic heterocycles. The molecule has 0 bridgehead atoms. The Morgan fingerprint density at radius 1 is 0.607 bits per heavy atom. The van der Waals surface area contributed by atoms with Gasteiger partial charge in [-0.25, -0.2) is 0 Å². The van der Waals surface area contributed by atoms with E-state index in [-0.39, 0.29) is 6.10 Å². The molecule has 1 atom stereocenters. The molecule has 3 nitrogen and oxygen atoms in total. The van der Waals surface area contributed by atoms with E-state index in [0.717, 1.165) is 19.6 Å². The van der Waals surface area contributed by atoms with Gasteiger partial charge in [0.25, 0.3) is 0 Å². The highest BCUT2D eigenvalue weighted by Gasteiger charge is 2.03. The third kappa shape index (κ3) is 23.9. The fourth-order valence-corrected chi connectivity index (χ4v) is 3.62. The monoisotopic (exact) mass is 399 g/mol. The van der Waals surface area contributed by atoms with Gasteiger partial charge in [0.2, 0.25) is 0 Å². The van der Waals surface area contributed by atoms with Gasteiger partial charge in [0.1, 0.15) is 0 Å². The molecule has 0 fully saturated rings. The van der Waals surface area contributed by atoms with Gasteiger partial charge < -0.3 is 15.2 Å². The van der Waals surface area contributed by atoms with Gasteiger partial charge in [-0.2, -0.15) is 0 Å². The molecule has 0 saturated carbocycles. The summed E-state index contributed by atoms with van der Waals surface area (Å²) in [4.78, 5) is 0. The van der Waals surface area contributed by atoms with E-state index in [0.29, 0.717) is 13.2 Å². The normalized spacial score (nSPS) is 12.5. The van der Waals surface area contributed by atoms with Gasteiger partial charge in [-0.05, 0) is 19.4 Å². The fraction of sp³-hybridized carbons (Fsp3) is 1.00. The van der Waals surface area contributed by atoms with Crippen LogP contribution in [-0.2, 0) is 4.74 Å². The molecule has 170 valence electrons. The van der Waals surface area contributed by atoms with Crippen LogP contribution in [0, 0.1) is 0 Å². The standard InChI is InChI=1S/C25H53NO2/c1-3-5-7-9-11-12-13-14-15-16-17-19-21-26-23-25(27)24-28-22-20-18-10-8-6-4-2/h25-27H,3-24H2,1-2H3. The predicted octanol–water partition coefficient (Wildman–Crippen LogP) is 7.02. The number of hydrogen-bond donors (Lipinski definition) is 2. The fourth-order valence-electron chi connectivity index (χ4n) is 3.62. The molecular weight excluding hydrogens is 346 g/mol. The zero-order valence-electron chi connectivity index (χ0n) is 19.5. The number of ether oxygens (including phenoxy) is 1. The second kappa shape index (κ2) is 24.9. The highest BCUT2D eigenvalue weighted by Crippen LogP contribution is 2.11. The van der Waals surface area contributed by atoms with E-state index < -0.39 is 0 Å². The molecule has 1 unspecified atom stereocenters. The lowest BCUT2D eigenvalue weighted by atomic mass is 10.1. The van der Waals surface area contributed by atoms with Crippen LogP contribution in [0.3, 0.4) is 0 Å². The van der Waals surface area contributed by atoms with Crippen molar-refractivity contribution in [2.45, 2.75) is 136 Å². The number of nitrogens with one attached hydrogen (secondary N) is 1. The predicted molar refractivity (Wildman–Crippen MR) is 124 cm³/mol. The van der Waals surface area contributed by atoms with E-state index in [1.165, 1.54) is 109 Å². The summed E-state index contributed by atoms with van der Waals surface area (Å²) < 4.78 is 5.58. The van der Waals surface area contributed by atoms with Crippen LogP contribution in [0.5, 0.6) is 0 Å². The molecule has 3 heteroatoms. The van der Waals surface area contributed by atoms with Crippen molar-refractivity contribution >= 4 is 0 Å². The van der Waals surface area contributed by atoms with Crippen molar-refractivity contribution in [2.75, 3.05) is 26.3 Å². The van der Waals surface area contributed by atoms with Gasteiger partial charge in [0, 0.05) is 13.2 Å². The van der Waals surface area contributed by atoms with E-state index in [2.05, 4.69) is 19.2 Å². The molecule has 0 aromatic carbocycles. The van der Waals surface area contributed by atoms with Crippen molar-refractivity contribution in [3.05, 3.63) is 0 Å². The molecule has 0 radical (unpaired) electrons. The number of unbranched alkanes of at least 4 members (excludes halogenated alkanes) is 16. The van der Waals surface area contributed by atoms with E-state index in [9.17, 15) is 5.11 Å². The van der Waals surface area contributed by atoms with Crippen molar-refractivity contribution in [2.24, 2.45) is 0 Å². The summed E-state index contributed by atoms with van der Waals surface area (Å²) in [6, 6.07) is 0. The number of rotatable bonds is 24. The summed E-state index contributed by atoms with van der Waals surface area (Å²) in [7, 11) is 0. The summed E-state index contributed by atoms with van der Waals surface area (Å²) in [6.07, 6.45) is 24.0. The minimum Gasteiger partial charge on any atom is -0.389 e. The number of hydrogen-bond acceptors (Lipinski definition) is 3. The second-order valence-electron chi connectivity index (χ2n) is 8.59. The Kier molecular flexibility index (Phi) is 24.8. The molecule has 2 N–H and O–H groups in total. The van der Waals surface area contributed by atoms with Gasteiger partial charge in [0.05, 0.1) is 12.7 Å². The highest BCUT2D eigenvalue weighted by molar-refractivity contribution is 4.59. The Morgan fingerprint density at radius 2 is 1.04 bits per heavy atom. The van der Waals surface area contributed by atoms with E-state index >= 15 is 0 Å². The average molecular weight is 400 g/mol. The lowest BCUT2D eigenvalue weighted by molar-refractivity contribution is 0.0355. The Balaban J connectivity index is 3.11. The molecule has 28 heavy (non-hydrogen) atoms. The van der Waals surface area contributed by atoms with E-state index in [1.54, 1.807) is 0 Å². The summed E-state index contributed by atoms with van der Waals surface area (Å²) in [5.74, 6) is 0. The third-order valence-electron chi connectivity index (χ3n) is 5.54. The van der Waals surface area contributed by atoms with Crippen molar-refractivity contribution < 1.29 is 9.84 Å². The summed E-state index contributed by atoms with van der Waals surface area (Å²) in [5, 5.41) is 13.3. The zero-order chi connectivity index (χ0) is 20.5. The van der Waals surface area contributed by atoms with Crippen LogP contribution in [0.2, 0.25) is 0 Å². The Hall–Kier alpha value is -0.120. The van der Waals surface area contributed by atoms with Crippen LogP contribution in [0.4, 0.5) is 0 Å². The van der Waals surface area contributed by atoms with Crippen LogP contribution in [0.15, 0.2) is 0 Å². The first kappa shape index (κ1) is 27.9. The molecule has 0 aliphatic heterocycles. The quantitative estimate of drug-likeness (QED) is 0.171. The van der Waals surface area contributed by atoms with Gasteiger partial charge >= 0.3 is 0 Å². The van der Waals surface area contributed by atoms with Crippen LogP contribution in [0.1, 0.15) is 129 Å². The molecule has 0 saturated heterocycles. The average Bonchev–Trinajstić information content (AvgIpc) is 2.70. The van der Waals surface area contributed by atoms with Gasteiger partial charge in [-0.3, -0.25) is 0 Å². The molecule has 0 aliphatic carbocycles. The molecule has 0 aliphatic rings. The maximum Gasteiger partial charge on any atom is 0.0897 e. The third-order valence-corrected chi connectivity index (χ3v) is 5.54. The van der Waals surface area contributed by atoms with Crippen LogP contribution >= 0.6 is 0 Å². The molecule has 0 rings (SSSR count). The summed E-state index contributed by atoms with van der Waals surface area (Å²) in [6.45, 7) is 7.48. The van der Waals surface area contributed by atoms with Crippen LogP contribution in [0.25, 0.3) is 0 Å². The van der Waals surface area contributed by atoms with Crippen molar-refractivity contribution in [3.63, 3.8) is 0 Å². The van der Waals surface area contributed by atoms with Crippen molar-refractivity contribution in [3.8, 4) is 0 Å². The summed E-state index contributed by atoms with van der Waals surface area (Å²) in [5.41, 5.74) is 0. The van der Waals surface area contributed by atoms with E-state index in [1.807, 2.05) is 0 Å². The number of aliphatic hydroxyl groups excluding tert-OH is 1. The Labute approximate surface area is 177 Å². The first-order valence-corrected chi connectivity index (χ1v) is 12.8. The molecule has 0 spiro atoms. The topological polar surface area (TPSA) is 41.5 Å². The largest absolute Gasteiger partial charge is 0.389 e. The highest BCUT2D eigenvalue weighted by atomic mass is 16.5.